The Morgan fingerprint density at radius 3 is 2.24 bits per heavy atom. The minimum Gasteiger partial charge on any atom is -0.490 e. The molecule has 3 atom stereocenters. The first-order valence-electron chi connectivity index (χ1n) is 8.41. The van der Waals surface area contributed by atoms with E-state index in [0.717, 1.165) is 11.4 Å². The molecule has 0 aliphatic carbocycles. The lowest BCUT2D eigenvalue weighted by atomic mass is 9.78. The van der Waals surface area contributed by atoms with Crippen LogP contribution in [0.4, 0.5) is 0 Å². The van der Waals surface area contributed by atoms with Gasteiger partial charge in [0.2, 0.25) is 0 Å². The normalized spacial score (nSPS) is 25.7. The van der Waals surface area contributed by atoms with Gasteiger partial charge >= 0.3 is 0 Å². The SMILES string of the molecule is Cc1nc(C(C)C)c2c(c1C)O[C@H](C)[C@H](C)CC2C(C)C. The van der Waals surface area contributed by atoms with E-state index in [9.17, 15) is 0 Å². The van der Waals surface area contributed by atoms with Gasteiger partial charge in [-0.3, -0.25) is 4.98 Å². The van der Waals surface area contributed by atoms with Crippen molar-refractivity contribution in [1.82, 2.24) is 4.98 Å². The highest BCUT2D eigenvalue weighted by molar-refractivity contribution is 5.49. The minimum absolute atomic E-state index is 0.271. The molecule has 2 heteroatoms. The number of rotatable bonds is 2. The first-order chi connectivity index (χ1) is 9.73. The Kier molecular flexibility index (Phi) is 4.65. The summed E-state index contributed by atoms with van der Waals surface area (Å²) < 4.78 is 6.41. The van der Waals surface area contributed by atoms with Crippen molar-refractivity contribution in [2.75, 3.05) is 0 Å². The van der Waals surface area contributed by atoms with Gasteiger partial charge in [-0.15, -0.1) is 0 Å². The van der Waals surface area contributed by atoms with Crippen LogP contribution in [0.25, 0.3) is 0 Å². The molecule has 2 rings (SSSR count). The lowest BCUT2D eigenvalue weighted by Crippen LogP contribution is -2.21. The van der Waals surface area contributed by atoms with Crippen LogP contribution in [0, 0.1) is 25.7 Å². The molecule has 1 aromatic heterocycles. The molecule has 0 radical (unpaired) electrons. The average Bonchev–Trinajstić information content (AvgIpc) is 2.52. The van der Waals surface area contributed by atoms with Gasteiger partial charge in [-0.2, -0.15) is 0 Å². The van der Waals surface area contributed by atoms with Crippen LogP contribution in [0.5, 0.6) is 5.75 Å². The Labute approximate surface area is 130 Å². The summed E-state index contributed by atoms with van der Waals surface area (Å²) in [6.07, 6.45) is 1.46. The Morgan fingerprint density at radius 1 is 1.10 bits per heavy atom. The summed E-state index contributed by atoms with van der Waals surface area (Å²) in [5, 5.41) is 0. The van der Waals surface area contributed by atoms with E-state index in [4.69, 9.17) is 9.72 Å². The molecular formula is C19H31NO. The Morgan fingerprint density at radius 2 is 1.71 bits per heavy atom. The zero-order chi connectivity index (χ0) is 15.9. The van der Waals surface area contributed by atoms with Crippen molar-refractivity contribution < 1.29 is 4.74 Å². The fourth-order valence-electron chi connectivity index (χ4n) is 3.38. The summed E-state index contributed by atoms with van der Waals surface area (Å²) in [6, 6.07) is 0. The van der Waals surface area contributed by atoms with Gasteiger partial charge in [-0.05, 0) is 50.9 Å². The summed E-state index contributed by atoms with van der Waals surface area (Å²) in [6.45, 7) is 17.9. The molecule has 2 nitrogen and oxygen atoms in total. The van der Waals surface area contributed by atoms with Crippen LogP contribution in [0.3, 0.4) is 0 Å². The average molecular weight is 289 g/mol. The second kappa shape index (κ2) is 5.98. The Bertz CT molecular complexity index is 519. The molecule has 118 valence electrons. The molecule has 0 saturated carbocycles. The van der Waals surface area contributed by atoms with Crippen LogP contribution in [-0.4, -0.2) is 11.1 Å². The molecular weight excluding hydrogens is 258 g/mol. The maximum Gasteiger partial charge on any atom is 0.129 e. The molecule has 2 heterocycles. The first kappa shape index (κ1) is 16.3. The zero-order valence-electron chi connectivity index (χ0n) is 14.9. The third kappa shape index (κ3) is 2.95. The maximum absolute atomic E-state index is 6.41. The molecule has 0 amide bonds. The van der Waals surface area contributed by atoms with Gasteiger partial charge in [0.05, 0.1) is 11.8 Å². The predicted molar refractivity (Wildman–Crippen MR) is 89.3 cm³/mol. The molecule has 1 aliphatic rings. The molecule has 0 fully saturated rings. The maximum atomic E-state index is 6.41. The van der Waals surface area contributed by atoms with Crippen molar-refractivity contribution in [2.45, 2.75) is 79.8 Å². The van der Waals surface area contributed by atoms with E-state index in [2.05, 4.69) is 55.4 Å². The molecule has 0 bridgehead atoms. The first-order valence-corrected chi connectivity index (χ1v) is 8.41. The summed E-state index contributed by atoms with van der Waals surface area (Å²) in [5.41, 5.74) is 4.97. The Balaban J connectivity index is 2.72. The van der Waals surface area contributed by atoms with Crippen molar-refractivity contribution in [2.24, 2.45) is 11.8 Å². The smallest absolute Gasteiger partial charge is 0.129 e. The van der Waals surface area contributed by atoms with Crippen LogP contribution >= 0.6 is 0 Å². The largest absolute Gasteiger partial charge is 0.490 e. The van der Waals surface area contributed by atoms with Gasteiger partial charge in [0.25, 0.3) is 0 Å². The minimum atomic E-state index is 0.271. The number of aromatic nitrogens is 1. The number of ether oxygens (including phenoxy) is 1. The standard InChI is InChI=1S/C19H31NO/c1-10(2)16-9-12(5)15(8)21-19-13(6)14(7)20-18(11(3)4)17(16)19/h10-12,15-16H,9H2,1-8H3/t12-,15-,16?/m1/s1. The highest BCUT2D eigenvalue weighted by Crippen LogP contribution is 2.46. The van der Waals surface area contributed by atoms with E-state index in [0.29, 0.717) is 23.7 Å². The topological polar surface area (TPSA) is 22.1 Å². The number of hydrogen-bond donors (Lipinski definition) is 0. The number of aryl methyl sites for hydroxylation is 1. The zero-order valence-corrected chi connectivity index (χ0v) is 14.9. The van der Waals surface area contributed by atoms with Crippen LogP contribution in [0.1, 0.15) is 82.3 Å². The second-order valence-corrected chi connectivity index (χ2v) is 7.49. The molecule has 1 unspecified atom stereocenters. The molecule has 0 aromatic carbocycles. The van der Waals surface area contributed by atoms with Gasteiger partial charge in [0.1, 0.15) is 5.75 Å². The van der Waals surface area contributed by atoms with Crippen LogP contribution in [0.15, 0.2) is 0 Å². The number of nitrogens with zero attached hydrogens (tertiary/aromatic N) is 1. The van der Waals surface area contributed by atoms with Crippen molar-refractivity contribution in [3.05, 3.63) is 22.5 Å². The quantitative estimate of drug-likeness (QED) is 0.730. The molecule has 0 saturated heterocycles. The predicted octanol–water partition coefficient (Wildman–Crippen LogP) is 5.37. The van der Waals surface area contributed by atoms with Gasteiger partial charge in [-0.25, -0.2) is 0 Å². The number of pyridine rings is 1. The van der Waals surface area contributed by atoms with Gasteiger partial charge < -0.3 is 4.74 Å². The van der Waals surface area contributed by atoms with E-state index in [-0.39, 0.29) is 6.10 Å². The molecule has 1 aliphatic heterocycles. The molecule has 0 spiro atoms. The van der Waals surface area contributed by atoms with Crippen molar-refractivity contribution in [3.63, 3.8) is 0 Å². The van der Waals surface area contributed by atoms with E-state index in [1.807, 2.05) is 0 Å². The fraction of sp³-hybridized carbons (Fsp3) is 0.737. The van der Waals surface area contributed by atoms with Crippen LogP contribution in [0.2, 0.25) is 0 Å². The summed E-state index contributed by atoms with van der Waals surface area (Å²) in [7, 11) is 0. The van der Waals surface area contributed by atoms with Gasteiger partial charge in [0, 0.05) is 16.8 Å². The lowest BCUT2D eigenvalue weighted by Gasteiger charge is -2.26. The number of hydrogen-bond acceptors (Lipinski definition) is 2. The Hall–Kier alpha value is -1.05. The highest BCUT2D eigenvalue weighted by atomic mass is 16.5. The molecule has 1 aromatic rings. The lowest BCUT2D eigenvalue weighted by molar-refractivity contribution is 0.159. The molecule has 21 heavy (non-hydrogen) atoms. The highest BCUT2D eigenvalue weighted by Gasteiger charge is 2.34. The van der Waals surface area contributed by atoms with E-state index < -0.39 is 0 Å². The summed E-state index contributed by atoms with van der Waals surface area (Å²) in [4.78, 5) is 4.93. The van der Waals surface area contributed by atoms with E-state index in [1.54, 1.807) is 0 Å². The monoisotopic (exact) mass is 289 g/mol. The third-order valence-corrected chi connectivity index (χ3v) is 5.15. The molecule has 0 N–H and O–H groups in total. The summed E-state index contributed by atoms with van der Waals surface area (Å²) in [5.74, 6) is 3.29. The van der Waals surface area contributed by atoms with Crippen LogP contribution in [-0.2, 0) is 0 Å². The van der Waals surface area contributed by atoms with Crippen molar-refractivity contribution >= 4 is 0 Å². The van der Waals surface area contributed by atoms with Gasteiger partial charge in [0.15, 0.2) is 0 Å². The number of fused-ring (bicyclic) bond motifs is 1. The van der Waals surface area contributed by atoms with Gasteiger partial charge in [-0.1, -0.05) is 34.6 Å². The van der Waals surface area contributed by atoms with Crippen LogP contribution < -0.4 is 4.74 Å². The van der Waals surface area contributed by atoms with Crippen molar-refractivity contribution in [1.29, 1.82) is 0 Å². The second-order valence-electron chi connectivity index (χ2n) is 7.49. The third-order valence-electron chi connectivity index (χ3n) is 5.15. The summed E-state index contributed by atoms with van der Waals surface area (Å²) >= 11 is 0. The van der Waals surface area contributed by atoms with Crippen molar-refractivity contribution in [3.8, 4) is 5.75 Å². The fourth-order valence-corrected chi connectivity index (χ4v) is 3.38. The van der Waals surface area contributed by atoms with E-state index in [1.165, 1.54) is 23.2 Å². The van der Waals surface area contributed by atoms with E-state index >= 15 is 0 Å².